The van der Waals surface area contributed by atoms with Gasteiger partial charge in [-0.2, -0.15) is 0 Å². The van der Waals surface area contributed by atoms with Gasteiger partial charge in [-0.05, 0) is 22.0 Å². The first-order chi connectivity index (χ1) is 8.74. The van der Waals surface area contributed by atoms with Gasteiger partial charge < -0.3 is 10.2 Å². The topological polar surface area (TPSA) is 31.4 Å². The van der Waals surface area contributed by atoms with E-state index in [0.717, 1.165) is 60.6 Å². The number of halogens is 2. The third kappa shape index (κ3) is 2.50. The van der Waals surface area contributed by atoms with Gasteiger partial charge in [0.25, 0.3) is 0 Å². The van der Waals surface area contributed by atoms with Gasteiger partial charge in [0.2, 0.25) is 0 Å². The molecule has 1 N–H and O–H groups in total. The Morgan fingerprint density at radius 1 is 1.28 bits per heavy atom. The van der Waals surface area contributed by atoms with Gasteiger partial charge in [-0.3, -0.25) is 4.90 Å². The molecule has 0 radical (unpaired) electrons. The highest BCUT2D eigenvalue weighted by Crippen LogP contribution is 2.27. The second-order valence-corrected chi connectivity index (χ2v) is 6.12. The minimum absolute atomic E-state index is 0.725. The van der Waals surface area contributed by atoms with Crippen molar-refractivity contribution in [3.05, 3.63) is 21.8 Å². The molecule has 2 aliphatic heterocycles. The minimum atomic E-state index is 0.725. The Bertz CT molecular complexity index is 430. The minimum Gasteiger partial charge on any atom is -0.353 e. The van der Waals surface area contributed by atoms with E-state index in [9.17, 15) is 0 Å². The average molecular weight is 332 g/mol. The van der Waals surface area contributed by atoms with E-state index in [1.165, 1.54) is 0 Å². The van der Waals surface area contributed by atoms with Crippen molar-refractivity contribution in [2.75, 3.05) is 44.2 Å². The first-order valence-corrected chi connectivity index (χ1v) is 7.42. The van der Waals surface area contributed by atoms with Crippen molar-refractivity contribution in [3.63, 3.8) is 0 Å². The highest BCUT2D eigenvalue weighted by atomic mass is 79.9. The van der Waals surface area contributed by atoms with E-state index in [1.54, 1.807) is 0 Å². The number of piperazine rings is 1. The van der Waals surface area contributed by atoms with Gasteiger partial charge in [-0.25, -0.2) is 4.98 Å². The molecule has 2 fully saturated rings. The van der Waals surface area contributed by atoms with Crippen LogP contribution in [0.1, 0.15) is 0 Å². The Labute approximate surface area is 120 Å². The highest BCUT2D eigenvalue weighted by Gasteiger charge is 2.28. The Balaban J connectivity index is 1.64. The molecule has 0 saturated carbocycles. The summed E-state index contributed by atoms with van der Waals surface area (Å²) in [4.78, 5) is 9.25. The lowest BCUT2D eigenvalue weighted by atomic mass is 10.1. The Morgan fingerprint density at radius 3 is 2.56 bits per heavy atom. The van der Waals surface area contributed by atoms with Gasteiger partial charge in [0, 0.05) is 56.0 Å². The summed E-state index contributed by atoms with van der Waals surface area (Å²) < 4.78 is 0.926. The van der Waals surface area contributed by atoms with Crippen molar-refractivity contribution in [1.82, 2.24) is 15.2 Å². The highest BCUT2D eigenvalue weighted by molar-refractivity contribution is 9.10. The molecule has 0 unspecified atom stereocenters. The number of rotatable bonds is 2. The smallest absolute Gasteiger partial charge is 0.147 e. The number of hydrogen-bond acceptors (Lipinski definition) is 4. The standard InChI is InChI=1S/C12H16BrClN4/c13-9-5-11(14)12(16-6-9)18-3-1-17(2-4-18)10-7-15-8-10/h5-6,10,15H,1-4,7-8H2. The molecular weight excluding hydrogens is 316 g/mol. The molecule has 0 aromatic carbocycles. The van der Waals surface area contributed by atoms with Crippen molar-refractivity contribution in [1.29, 1.82) is 0 Å². The molecule has 0 aliphatic carbocycles. The van der Waals surface area contributed by atoms with Gasteiger partial charge in [-0.1, -0.05) is 11.6 Å². The molecule has 1 aromatic heterocycles. The van der Waals surface area contributed by atoms with Crippen LogP contribution >= 0.6 is 27.5 Å². The second kappa shape index (κ2) is 5.33. The zero-order valence-electron chi connectivity index (χ0n) is 10.1. The largest absolute Gasteiger partial charge is 0.353 e. The van der Waals surface area contributed by atoms with Gasteiger partial charge in [0.15, 0.2) is 0 Å². The van der Waals surface area contributed by atoms with Crippen LogP contribution in [0.3, 0.4) is 0 Å². The molecule has 18 heavy (non-hydrogen) atoms. The third-order valence-electron chi connectivity index (χ3n) is 3.68. The Hall–Kier alpha value is -0.360. The molecule has 6 heteroatoms. The normalized spacial score (nSPS) is 22.0. The fourth-order valence-electron chi connectivity index (χ4n) is 2.47. The van der Waals surface area contributed by atoms with E-state index in [1.807, 2.05) is 12.3 Å². The maximum Gasteiger partial charge on any atom is 0.147 e. The summed E-state index contributed by atoms with van der Waals surface area (Å²) in [6, 6.07) is 2.65. The van der Waals surface area contributed by atoms with Crippen LogP contribution in [0.2, 0.25) is 5.02 Å². The summed E-state index contributed by atoms with van der Waals surface area (Å²) in [5.74, 6) is 0.909. The van der Waals surface area contributed by atoms with E-state index < -0.39 is 0 Å². The maximum absolute atomic E-state index is 6.24. The SMILES string of the molecule is Clc1cc(Br)cnc1N1CCN(C2CNC2)CC1. The van der Waals surface area contributed by atoms with Crippen LogP contribution in [-0.4, -0.2) is 55.2 Å². The van der Waals surface area contributed by atoms with Crippen LogP contribution in [0.25, 0.3) is 0 Å². The number of anilines is 1. The molecule has 3 heterocycles. The lowest BCUT2D eigenvalue weighted by Gasteiger charge is -2.43. The zero-order valence-corrected chi connectivity index (χ0v) is 12.4. The van der Waals surface area contributed by atoms with Crippen LogP contribution in [0.4, 0.5) is 5.82 Å². The molecule has 0 bridgehead atoms. The molecule has 2 saturated heterocycles. The van der Waals surface area contributed by atoms with Crippen LogP contribution in [0.15, 0.2) is 16.7 Å². The zero-order chi connectivity index (χ0) is 12.5. The van der Waals surface area contributed by atoms with Gasteiger partial charge in [-0.15, -0.1) is 0 Å². The first kappa shape index (κ1) is 12.7. The molecule has 0 amide bonds. The van der Waals surface area contributed by atoms with Crippen LogP contribution in [-0.2, 0) is 0 Å². The predicted molar refractivity (Wildman–Crippen MR) is 77.4 cm³/mol. The molecule has 2 aliphatic rings. The number of nitrogens with zero attached hydrogens (tertiary/aromatic N) is 3. The molecular formula is C12H16BrClN4. The average Bonchev–Trinajstić information content (AvgIpc) is 2.28. The molecule has 0 atom stereocenters. The maximum atomic E-state index is 6.24. The summed E-state index contributed by atoms with van der Waals surface area (Å²) in [7, 11) is 0. The lowest BCUT2D eigenvalue weighted by molar-refractivity contribution is 0.137. The molecule has 1 aromatic rings. The van der Waals surface area contributed by atoms with Crippen molar-refractivity contribution in [3.8, 4) is 0 Å². The molecule has 4 nitrogen and oxygen atoms in total. The summed E-state index contributed by atoms with van der Waals surface area (Å²) in [5, 5.41) is 4.05. The van der Waals surface area contributed by atoms with Gasteiger partial charge in [0.05, 0.1) is 5.02 Å². The van der Waals surface area contributed by atoms with Crippen LogP contribution in [0, 0.1) is 0 Å². The quantitative estimate of drug-likeness (QED) is 0.892. The van der Waals surface area contributed by atoms with E-state index >= 15 is 0 Å². The first-order valence-electron chi connectivity index (χ1n) is 6.25. The number of aromatic nitrogens is 1. The fraction of sp³-hybridized carbons (Fsp3) is 0.583. The van der Waals surface area contributed by atoms with Gasteiger partial charge in [0.1, 0.15) is 5.82 Å². The molecule has 3 rings (SSSR count). The monoisotopic (exact) mass is 330 g/mol. The summed E-state index contributed by atoms with van der Waals surface area (Å²) in [6.45, 7) is 6.48. The Morgan fingerprint density at radius 2 is 2.00 bits per heavy atom. The number of pyridine rings is 1. The van der Waals surface area contributed by atoms with E-state index in [-0.39, 0.29) is 0 Å². The molecule has 0 spiro atoms. The summed E-state index contributed by atoms with van der Waals surface area (Å²) >= 11 is 9.63. The van der Waals surface area contributed by atoms with Crippen molar-refractivity contribution in [2.24, 2.45) is 0 Å². The van der Waals surface area contributed by atoms with Crippen LogP contribution in [0.5, 0.6) is 0 Å². The van der Waals surface area contributed by atoms with Crippen molar-refractivity contribution < 1.29 is 0 Å². The van der Waals surface area contributed by atoms with Crippen LogP contribution < -0.4 is 10.2 Å². The third-order valence-corrected chi connectivity index (χ3v) is 4.39. The lowest BCUT2D eigenvalue weighted by Crippen LogP contribution is -2.61. The van der Waals surface area contributed by atoms with E-state index in [0.29, 0.717) is 0 Å². The van der Waals surface area contributed by atoms with Gasteiger partial charge >= 0.3 is 0 Å². The second-order valence-electron chi connectivity index (χ2n) is 4.79. The van der Waals surface area contributed by atoms with Crippen molar-refractivity contribution in [2.45, 2.75) is 6.04 Å². The van der Waals surface area contributed by atoms with E-state index in [2.05, 4.69) is 36.0 Å². The fourth-order valence-corrected chi connectivity index (χ4v) is 3.22. The summed E-state index contributed by atoms with van der Waals surface area (Å²) in [5.41, 5.74) is 0. The van der Waals surface area contributed by atoms with E-state index in [4.69, 9.17) is 11.6 Å². The molecule has 98 valence electrons. The Kier molecular flexibility index (Phi) is 3.75. The predicted octanol–water partition coefficient (Wildman–Crippen LogP) is 1.59. The van der Waals surface area contributed by atoms with Crippen molar-refractivity contribution >= 4 is 33.3 Å². The number of hydrogen-bond donors (Lipinski definition) is 1. The summed E-state index contributed by atoms with van der Waals surface area (Å²) in [6.07, 6.45) is 1.81. The number of nitrogens with one attached hydrogen (secondary N) is 1.